The van der Waals surface area contributed by atoms with E-state index in [9.17, 15) is 21.7 Å². The molecule has 0 aromatic heterocycles. The first-order valence-electron chi connectivity index (χ1n) is 4.31. The maximum atomic E-state index is 12.6. The predicted octanol–water partition coefficient (Wildman–Crippen LogP) is -1.32. The molecule has 1 rings (SSSR count). The molecule has 0 saturated carbocycles. The molecule has 0 atom stereocenters. The van der Waals surface area contributed by atoms with Crippen LogP contribution in [0.25, 0.3) is 0 Å². The normalized spacial score (nSPS) is 11.9. The molecule has 0 bridgehead atoms. The van der Waals surface area contributed by atoms with Gasteiger partial charge in [0, 0.05) is 0 Å². The zero-order valence-electron chi connectivity index (χ0n) is 8.97. The molecule has 2 N–H and O–H groups in total. The van der Waals surface area contributed by atoms with Crippen LogP contribution in [0.15, 0.2) is 24.3 Å². The molecule has 0 saturated heterocycles. The number of hydrogen-bond acceptors (Lipinski definition) is 2. The van der Waals surface area contributed by atoms with Crippen molar-refractivity contribution in [3.63, 3.8) is 0 Å². The van der Waals surface area contributed by atoms with Crippen molar-refractivity contribution in [1.29, 1.82) is 0 Å². The van der Waals surface area contributed by atoms with Crippen LogP contribution in [0.4, 0.5) is 21.7 Å². The first kappa shape index (κ1) is 17.3. The molecule has 0 aliphatic rings. The van der Waals surface area contributed by atoms with E-state index in [1.165, 1.54) is 0 Å². The standard InChI is InChI=1S/C8H8BF5NO.K/c10-8(11,5-15)16-7-3-1-6(2-4-7)9(12,13)14;/h1-4H,5,15H2;/q-1;+1. The minimum Gasteiger partial charge on any atom is -0.445 e. The van der Waals surface area contributed by atoms with Gasteiger partial charge in [-0.15, -0.1) is 5.46 Å². The average Bonchev–Trinajstić information content (AvgIpc) is 2.16. The number of alkyl halides is 2. The monoisotopic (exact) mass is 279 g/mol. The van der Waals surface area contributed by atoms with Crippen LogP contribution in [0.3, 0.4) is 0 Å². The first-order chi connectivity index (χ1) is 7.24. The Morgan fingerprint density at radius 3 is 1.94 bits per heavy atom. The summed E-state index contributed by atoms with van der Waals surface area (Å²) in [5, 5.41) is 0. The van der Waals surface area contributed by atoms with E-state index in [4.69, 9.17) is 5.73 Å². The summed E-state index contributed by atoms with van der Waals surface area (Å²) in [5.74, 6) is -0.362. The van der Waals surface area contributed by atoms with Gasteiger partial charge in [0.1, 0.15) is 5.75 Å². The molecule has 2 nitrogen and oxygen atoms in total. The molecule has 0 radical (unpaired) electrons. The van der Waals surface area contributed by atoms with E-state index >= 15 is 0 Å². The van der Waals surface area contributed by atoms with E-state index in [1.807, 2.05) is 0 Å². The Morgan fingerprint density at radius 2 is 1.59 bits per heavy atom. The summed E-state index contributed by atoms with van der Waals surface area (Å²) < 4.78 is 65.8. The quantitative estimate of drug-likeness (QED) is 0.548. The number of benzene rings is 1. The van der Waals surface area contributed by atoms with Crippen LogP contribution in [0.1, 0.15) is 0 Å². The molecular weight excluding hydrogens is 271 g/mol. The Labute approximate surface area is 137 Å². The molecule has 1 aromatic carbocycles. The van der Waals surface area contributed by atoms with Crippen molar-refractivity contribution in [2.45, 2.75) is 6.11 Å². The van der Waals surface area contributed by atoms with Gasteiger partial charge in [0.15, 0.2) is 0 Å². The van der Waals surface area contributed by atoms with E-state index in [-0.39, 0.29) is 57.1 Å². The van der Waals surface area contributed by atoms with Crippen LogP contribution in [0, 0.1) is 0 Å². The van der Waals surface area contributed by atoms with Crippen molar-refractivity contribution < 1.29 is 77.8 Å². The van der Waals surface area contributed by atoms with Gasteiger partial charge < -0.3 is 23.4 Å². The summed E-state index contributed by atoms with van der Waals surface area (Å²) in [6, 6.07) is 3.02. The summed E-state index contributed by atoms with van der Waals surface area (Å²) in [4.78, 5) is 0. The Bertz CT molecular complexity index is 356. The van der Waals surface area contributed by atoms with Crippen molar-refractivity contribution >= 4 is 12.4 Å². The van der Waals surface area contributed by atoms with Crippen LogP contribution < -0.4 is 67.3 Å². The van der Waals surface area contributed by atoms with Gasteiger partial charge >= 0.3 is 64.5 Å². The molecule has 90 valence electrons. The number of rotatable bonds is 4. The minimum absolute atomic E-state index is 0. The van der Waals surface area contributed by atoms with Gasteiger partial charge in [0.05, 0.1) is 6.54 Å². The smallest absolute Gasteiger partial charge is 0.445 e. The number of hydrogen-bond donors (Lipinski definition) is 1. The van der Waals surface area contributed by atoms with E-state index in [1.54, 1.807) is 0 Å². The molecule has 0 spiro atoms. The fourth-order valence-corrected chi connectivity index (χ4v) is 0.968. The number of ether oxygens (including phenoxy) is 1. The minimum atomic E-state index is -5.13. The zero-order chi connectivity index (χ0) is 12.4. The van der Waals surface area contributed by atoms with Crippen molar-refractivity contribution in [1.82, 2.24) is 0 Å². The van der Waals surface area contributed by atoms with E-state index in [0.717, 1.165) is 12.1 Å². The molecular formula is C8H8BF5KNO. The van der Waals surface area contributed by atoms with E-state index in [0.29, 0.717) is 12.1 Å². The van der Waals surface area contributed by atoms with Crippen molar-refractivity contribution in [2.75, 3.05) is 6.54 Å². The Hall–Kier alpha value is 0.331. The molecule has 0 aliphatic carbocycles. The van der Waals surface area contributed by atoms with E-state index in [2.05, 4.69) is 4.74 Å². The predicted molar refractivity (Wildman–Crippen MR) is 49.8 cm³/mol. The van der Waals surface area contributed by atoms with E-state index < -0.39 is 25.1 Å². The summed E-state index contributed by atoms with van der Waals surface area (Å²) >= 11 is 0. The molecule has 0 amide bonds. The average molecular weight is 279 g/mol. The van der Waals surface area contributed by atoms with Crippen LogP contribution in [-0.4, -0.2) is 19.6 Å². The van der Waals surface area contributed by atoms with Crippen molar-refractivity contribution in [3.05, 3.63) is 24.3 Å². The third-order valence-electron chi connectivity index (χ3n) is 1.76. The summed E-state index contributed by atoms with van der Waals surface area (Å²) in [6.45, 7) is -6.17. The Morgan fingerprint density at radius 1 is 1.12 bits per heavy atom. The fourth-order valence-electron chi connectivity index (χ4n) is 0.968. The molecule has 9 heteroatoms. The van der Waals surface area contributed by atoms with Crippen molar-refractivity contribution in [2.24, 2.45) is 5.73 Å². The zero-order valence-corrected chi connectivity index (χ0v) is 12.1. The topological polar surface area (TPSA) is 35.2 Å². The maximum absolute atomic E-state index is 12.6. The van der Waals surface area contributed by atoms with Gasteiger partial charge in [0.25, 0.3) is 0 Å². The van der Waals surface area contributed by atoms with Gasteiger partial charge in [-0.1, -0.05) is 12.1 Å². The second-order valence-electron chi connectivity index (χ2n) is 3.09. The molecule has 0 fully saturated rings. The molecule has 17 heavy (non-hydrogen) atoms. The second-order valence-corrected chi connectivity index (χ2v) is 3.09. The maximum Gasteiger partial charge on any atom is 1.00 e. The van der Waals surface area contributed by atoms with Crippen LogP contribution in [0.2, 0.25) is 0 Å². The largest absolute Gasteiger partial charge is 1.00 e. The third kappa shape index (κ3) is 5.67. The Balaban J connectivity index is 0.00000256. The number of halogens is 5. The van der Waals surface area contributed by atoms with Gasteiger partial charge in [-0.2, -0.15) is 8.78 Å². The third-order valence-corrected chi connectivity index (χ3v) is 1.76. The molecule has 1 aromatic rings. The molecule has 0 unspecified atom stereocenters. The summed E-state index contributed by atoms with van der Waals surface area (Å²) in [6.07, 6.45) is -3.58. The van der Waals surface area contributed by atoms with Crippen LogP contribution in [0.5, 0.6) is 5.75 Å². The van der Waals surface area contributed by atoms with Crippen molar-refractivity contribution in [3.8, 4) is 5.75 Å². The van der Waals surface area contributed by atoms with Gasteiger partial charge in [-0.3, -0.25) is 0 Å². The molecule has 0 heterocycles. The summed E-state index contributed by atoms with van der Waals surface area (Å²) in [5.41, 5.74) is 3.83. The summed E-state index contributed by atoms with van der Waals surface area (Å²) in [7, 11) is 0. The number of nitrogens with two attached hydrogens (primary N) is 1. The SMILES string of the molecule is NCC(F)(F)Oc1ccc([B-](F)(F)F)cc1.[K+]. The van der Waals surface area contributed by atoms with Crippen LogP contribution >= 0.6 is 0 Å². The first-order valence-corrected chi connectivity index (χ1v) is 4.31. The molecule has 0 aliphatic heterocycles. The van der Waals surface area contributed by atoms with Gasteiger partial charge in [0.2, 0.25) is 0 Å². The van der Waals surface area contributed by atoms with Crippen LogP contribution in [-0.2, 0) is 0 Å². The second kappa shape index (κ2) is 6.48. The van der Waals surface area contributed by atoms with Gasteiger partial charge in [-0.05, 0) is 12.1 Å². The van der Waals surface area contributed by atoms with Gasteiger partial charge in [-0.25, -0.2) is 0 Å². The fraction of sp³-hybridized carbons (Fsp3) is 0.250. The Kier molecular flexibility index (Phi) is 6.61.